The molecule has 1 heterocycles. The van der Waals surface area contributed by atoms with E-state index in [1.54, 1.807) is 24.1 Å². The summed E-state index contributed by atoms with van der Waals surface area (Å²) >= 11 is 0. The summed E-state index contributed by atoms with van der Waals surface area (Å²) in [7, 11) is -0.916. The van der Waals surface area contributed by atoms with Gasteiger partial charge < -0.3 is 9.64 Å². The topological polar surface area (TPSA) is 70.5 Å². The van der Waals surface area contributed by atoms with Crippen LogP contribution in [0, 0.1) is 10.7 Å². The van der Waals surface area contributed by atoms with Crippen LogP contribution in [0.3, 0.4) is 0 Å². The van der Waals surface area contributed by atoms with Crippen LogP contribution in [0.5, 0.6) is 0 Å². The predicted molar refractivity (Wildman–Crippen MR) is 77.0 cm³/mol. The highest BCUT2D eigenvalue weighted by molar-refractivity contribution is 7.91. The summed E-state index contributed by atoms with van der Waals surface area (Å²) in [5, 5.41) is 0. The molecule has 2 rings (SSSR count). The van der Waals surface area contributed by atoms with Crippen molar-refractivity contribution in [1.82, 2.24) is 4.90 Å². The molecular weight excluding hydrogens is 276 g/mol. The number of nitrogens with zero attached hydrogens (tertiary/aromatic N) is 1. The maximum absolute atomic E-state index is 11.9. The number of likely N-dealkylation sites (N-methyl/N-ethyl adjacent to an activating group) is 1. The molecule has 2 unspecified atom stereocenters. The first-order valence-electron chi connectivity index (χ1n) is 6.49. The van der Waals surface area contributed by atoms with Gasteiger partial charge in [-0.05, 0) is 17.7 Å². The van der Waals surface area contributed by atoms with Gasteiger partial charge in [0.2, 0.25) is 5.91 Å². The quantitative estimate of drug-likeness (QED) is 0.906. The zero-order valence-electron chi connectivity index (χ0n) is 12.0. The van der Waals surface area contributed by atoms with Crippen LogP contribution in [0.2, 0.25) is 0 Å². The van der Waals surface area contributed by atoms with Crippen LogP contribution < -0.4 is 0 Å². The van der Waals surface area contributed by atoms with E-state index in [9.17, 15) is 9.00 Å². The van der Waals surface area contributed by atoms with Crippen molar-refractivity contribution in [2.45, 2.75) is 17.9 Å². The minimum absolute atomic E-state index is 0.0897. The lowest BCUT2D eigenvalue weighted by molar-refractivity contribution is -0.132. The smallest absolute Gasteiger partial charge is 0.227 e. The molecule has 1 aromatic rings. The van der Waals surface area contributed by atoms with E-state index >= 15 is 0 Å². The zero-order valence-corrected chi connectivity index (χ0v) is 12.8. The number of nitrogens with one attached hydrogen (secondary N) is 1. The molecule has 1 aromatic carbocycles. The first kappa shape index (κ1) is 15.0. The van der Waals surface area contributed by atoms with Crippen LogP contribution in [-0.4, -0.2) is 41.5 Å². The molecule has 20 heavy (non-hydrogen) atoms. The van der Waals surface area contributed by atoms with E-state index in [-0.39, 0.29) is 17.9 Å². The summed E-state index contributed by atoms with van der Waals surface area (Å²) in [6.07, 6.45) is 1.22. The van der Waals surface area contributed by atoms with Gasteiger partial charge in [-0.3, -0.25) is 4.79 Å². The van der Waals surface area contributed by atoms with E-state index in [2.05, 4.69) is 0 Å². The largest absolute Gasteiger partial charge is 0.371 e. The van der Waals surface area contributed by atoms with Crippen molar-refractivity contribution in [3.63, 3.8) is 0 Å². The Balaban J connectivity index is 2.21. The van der Waals surface area contributed by atoms with Crippen molar-refractivity contribution in [2.75, 3.05) is 26.5 Å². The summed E-state index contributed by atoms with van der Waals surface area (Å²) in [6, 6.07) is 7.05. The van der Waals surface area contributed by atoms with Gasteiger partial charge in [-0.15, -0.1) is 0 Å². The van der Waals surface area contributed by atoms with E-state index in [0.717, 1.165) is 5.56 Å². The third-order valence-electron chi connectivity index (χ3n) is 3.49. The third-order valence-corrected chi connectivity index (χ3v) is 4.66. The number of hydrogen-bond donors (Lipinski definition) is 1. The molecular formula is C14H20N2O3S. The molecule has 0 spiro atoms. The van der Waals surface area contributed by atoms with Crippen LogP contribution in [0.25, 0.3) is 0 Å². The Hall–Kier alpha value is -1.40. The van der Waals surface area contributed by atoms with Crippen LogP contribution in [0.1, 0.15) is 18.6 Å². The standard InChI is InChI=1S/C14H20N2O3S/c1-10-9-19-13(8-16(2)14(10)17)11-4-6-12(7-5-11)20(3,15)18/h4-7,10,13,15H,8-9H2,1-3H3/t10?,13?,20-/m1/s1. The molecule has 1 N–H and O–H groups in total. The number of rotatable bonds is 2. The van der Waals surface area contributed by atoms with E-state index in [1.165, 1.54) is 6.26 Å². The molecule has 0 radical (unpaired) electrons. The fraction of sp³-hybridized carbons (Fsp3) is 0.500. The second-order valence-corrected chi connectivity index (χ2v) is 7.51. The van der Waals surface area contributed by atoms with Gasteiger partial charge in [0.15, 0.2) is 0 Å². The van der Waals surface area contributed by atoms with Crippen LogP contribution in [-0.2, 0) is 19.3 Å². The summed E-state index contributed by atoms with van der Waals surface area (Å²) in [5.74, 6) is -0.0428. The highest BCUT2D eigenvalue weighted by Gasteiger charge is 2.27. The first-order valence-corrected chi connectivity index (χ1v) is 8.46. The van der Waals surface area contributed by atoms with E-state index in [0.29, 0.717) is 18.0 Å². The normalized spacial score (nSPS) is 26.9. The summed E-state index contributed by atoms with van der Waals surface area (Å²) in [4.78, 5) is 14.1. The molecule has 110 valence electrons. The third kappa shape index (κ3) is 3.19. The molecule has 5 nitrogen and oxygen atoms in total. The lowest BCUT2D eigenvalue weighted by Crippen LogP contribution is -2.32. The second-order valence-electron chi connectivity index (χ2n) is 5.35. The first-order chi connectivity index (χ1) is 9.29. The zero-order chi connectivity index (χ0) is 14.9. The monoisotopic (exact) mass is 296 g/mol. The molecule has 1 saturated heterocycles. The fourth-order valence-corrected chi connectivity index (χ4v) is 2.90. The number of ether oxygens (including phenoxy) is 1. The lowest BCUT2D eigenvalue weighted by atomic mass is 10.1. The predicted octanol–water partition coefficient (Wildman–Crippen LogP) is 1.89. The molecule has 3 atom stereocenters. The Morgan fingerprint density at radius 2 is 1.95 bits per heavy atom. The van der Waals surface area contributed by atoms with E-state index in [4.69, 9.17) is 9.52 Å². The Morgan fingerprint density at radius 3 is 2.50 bits per heavy atom. The van der Waals surface area contributed by atoms with Crippen molar-refractivity contribution in [3.05, 3.63) is 29.8 Å². The minimum Gasteiger partial charge on any atom is -0.371 e. The van der Waals surface area contributed by atoms with Gasteiger partial charge >= 0.3 is 0 Å². The van der Waals surface area contributed by atoms with Crippen molar-refractivity contribution < 1.29 is 13.7 Å². The van der Waals surface area contributed by atoms with Crippen molar-refractivity contribution >= 4 is 15.6 Å². The van der Waals surface area contributed by atoms with Gasteiger partial charge in [-0.2, -0.15) is 0 Å². The molecule has 1 aliphatic rings. The minimum atomic E-state index is -2.69. The van der Waals surface area contributed by atoms with E-state index in [1.807, 2.05) is 19.1 Å². The number of carbonyl (C=O) groups excluding carboxylic acids is 1. The average Bonchev–Trinajstić information content (AvgIpc) is 2.52. The molecule has 6 heteroatoms. The highest BCUT2D eigenvalue weighted by Crippen LogP contribution is 2.24. The molecule has 0 aliphatic carbocycles. The molecule has 1 aliphatic heterocycles. The number of carbonyl (C=O) groups is 1. The van der Waals surface area contributed by atoms with E-state index < -0.39 is 9.73 Å². The number of amides is 1. The Kier molecular flexibility index (Phi) is 4.15. The van der Waals surface area contributed by atoms with Crippen LogP contribution in [0.15, 0.2) is 29.2 Å². The maximum atomic E-state index is 11.9. The van der Waals surface area contributed by atoms with Gasteiger partial charge in [-0.1, -0.05) is 19.1 Å². The number of hydrogen-bond acceptors (Lipinski definition) is 4. The van der Waals surface area contributed by atoms with Gasteiger partial charge in [-0.25, -0.2) is 8.99 Å². The van der Waals surface area contributed by atoms with Gasteiger partial charge in [0.05, 0.1) is 28.8 Å². The summed E-state index contributed by atoms with van der Waals surface area (Å²) < 4.78 is 25.0. The fourth-order valence-electron chi connectivity index (χ4n) is 2.24. The molecule has 0 bridgehead atoms. The van der Waals surface area contributed by atoms with Crippen LogP contribution >= 0.6 is 0 Å². The molecule has 0 saturated carbocycles. The SMILES string of the molecule is CC1COC(c2ccc([S@](C)(=N)=O)cc2)CN(C)C1=O. The molecule has 1 fully saturated rings. The maximum Gasteiger partial charge on any atom is 0.227 e. The van der Waals surface area contributed by atoms with Gasteiger partial charge in [0.25, 0.3) is 0 Å². The Bertz CT molecular complexity index is 595. The summed E-state index contributed by atoms with van der Waals surface area (Å²) in [6.45, 7) is 2.76. The van der Waals surface area contributed by atoms with Gasteiger partial charge in [0, 0.05) is 18.2 Å². The van der Waals surface area contributed by atoms with Crippen molar-refractivity contribution in [2.24, 2.45) is 5.92 Å². The molecule has 0 aromatic heterocycles. The average molecular weight is 296 g/mol. The lowest BCUT2D eigenvalue weighted by Gasteiger charge is -2.20. The Morgan fingerprint density at radius 1 is 1.35 bits per heavy atom. The van der Waals surface area contributed by atoms with Crippen LogP contribution in [0.4, 0.5) is 0 Å². The summed E-state index contributed by atoms with van der Waals surface area (Å²) in [5.41, 5.74) is 0.936. The van der Waals surface area contributed by atoms with Gasteiger partial charge in [0.1, 0.15) is 6.10 Å². The second kappa shape index (κ2) is 5.54. The van der Waals surface area contributed by atoms with Crippen molar-refractivity contribution in [3.8, 4) is 0 Å². The van der Waals surface area contributed by atoms with Crippen molar-refractivity contribution in [1.29, 1.82) is 4.78 Å². The number of benzene rings is 1. The Labute approximate surface area is 119 Å². The highest BCUT2D eigenvalue weighted by atomic mass is 32.2. The molecule has 1 amide bonds.